The van der Waals surface area contributed by atoms with Gasteiger partial charge in [0, 0.05) is 23.3 Å². The molecule has 4 heterocycles. The van der Waals surface area contributed by atoms with E-state index < -0.39 is 0 Å². The molecule has 5 nitrogen and oxygen atoms in total. The van der Waals surface area contributed by atoms with E-state index in [0.717, 1.165) is 33.7 Å². The van der Waals surface area contributed by atoms with E-state index in [0.29, 0.717) is 11.2 Å². The monoisotopic (exact) mass is 319 g/mol. The number of anilines is 1. The van der Waals surface area contributed by atoms with E-state index in [1.54, 1.807) is 12.4 Å². The molecule has 0 atom stereocenters. The molecule has 23 heavy (non-hydrogen) atoms. The fraction of sp³-hybridized carbons (Fsp3) is 0.0588. The van der Waals surface area contributed by atoms with E-state index in [9.17, 15) is 0 Å². The van der Waals surface area contributed by atoms with Crippen LogP contribution in [0.4, 0.5) is 5.69 Å². The average molecular weight is 319 g/mol. The van der Waals surface area contributed by atoms with Crippen molar-refractivity contribution in [3.63, 3.8) is 0 Å². The zero-order chi connectivity index (χ0) is 15.8. The number of nitrogens with two attached hydrogens (primary N) is 1. The van der Waals surface area contributed by atoms with Gasteiger partial charge in [0.05, 0.1) is 22.6 Å². The Bertz CT molecular complexity index is 995. The summed E-state index contributed by atoms with van der Waals surface area (Å²) >= 11 is 1.40. The maximum absolute atomic E-state index is 6.23. The molecule has 4 rings (SSSR count). The van der Waals surface area contributed by atoms with E-state index >= 15 is 0 Å². The van der Waals surface area contributed by atoms with Crippen LogP contribution < -0.4 is 5.73 Å². The van der Waals surface area contributed by atoms with Crippen LogP contribution in [0.2, 0.25) is 0 Å². The van der Waals surface area contributed by atoms with Gasteiger partial charge in [0.25, 0.3) is 0 Å². The Morgan fingerprint density at radius 3 is 2.70 bits per heavy atom. The summed E-state index contributed by atoms with van der Waals surface area (Å²) in [6, 6.07) is 9.60. The lowest BCUT2D eigenvalue weighted by atomic mass is 10.1. The number of aromatic nitrogens is 4. The summed E-state index contributed by atoms with van der Waals surface area (Å²) in [4.78, 5) is 13.5. The van der Waals surface area contributed by atoms with Crippen LogP contribution in [0.15, 0.2) is 48.1 Å². The van der Waals surface area contributed by atoms with Crippen LogP contribution in [0.3, 0.4) is 0 Å². The lowest BCUT2D eigenvalue weighted by Gasteiger charge is -2.08. The van der Waals surface area contributed by atoms with Crippen LogP contribution in [-0.2, 0) is 0 Å². The smallest absolute Gasteiger partial charge is 0.112 e. The van der Waals surface area contributed by atoms with Gasteiger partial charge in [-0.05, 0) is 54.4 Å². The summed E-state index contributed by atoms with van der Waals surface area (Å²) in [5.41, 5.74) is 12.8. The Labute approximate surface area is 137 Å². The van der Waals surface area contributed by atoms with Crippen molar-refractivity contribution in [2.24, 2.45) is 0 Å². The van der Waals surface area contributed by atoms with Crippen molar-refractivity contribution in [1.29, 1.82) is 0 Å². The number of hydrogen-bond donors (Lipinski definition) is 1. The minimum Gasteiger partial charge on any atom is -0.397 e. The van der Waals surface area contributed by atoms with E-state index in [1.807, 2.05) is 42.6 Å². The van der Waals surface area contributed by atoms with Crippen LogP contribution in [0.25, 0.3) is 33.7 Å². The molecule has 0 aliphatic carbocycles. The van der Waals surface area contributed by atoms with Crippen molar-refractivity contribution < 1.29 is 0 Å². The quantitative estimate of drug-likeness (QED) is 0.609. The second-order valence-corrected chi connectivity index (χ2v) is 5.90. The molecule has 0 saturated carbocycles. The fourth-order valence-corrected chi connectivity index (χ4v) is 3.01. The number of pyridine rings is 3. The van der Waals surface area contributed by atoms with Crippen LogP contribution in [-0.4, -0.2) is 19.3 Å². The van der Waals surface area contributed by atoms with Gasteiger partial charge in [-0.3, -0.25) is 4.98 Å². The largest absolute Gasteiger partial charge is 0.397 e. The van der Waals surface area contributed by atoms with Gasteiger partial charge in [0.1, 0.15) is 11.2 Å². The Balaban J connectivity index is 1.89. The number of aryl methyl sites for hydroxylation is 1. The highest BCUT2D eigenvalue weighted by atomic mass is 32.1. The van der Waals surface area contributed by atoms with Gasteiger partial charge in [-0.2, -0.15) is 4.37 Å². The molecule has 0 fully saturated rings. The highest BCUT2D eigenvalue weighted by molar-refractivity contribution is 7.03. The normalized spacial score (nSPS) is 11.0. The maximum atomic E-state index is 6.23. The minimum absolute atomic E-state index is 0.602. The Hall–Kier alpha value is -2.86. The fourth-order valence-electron chi connectivity index (χ4n) is 2.49. The summed E-state index contributed by atoms with van der Waals surface area (Å²) < 4.78 is 4.31. The molecule has 0 bridgehead atoms. The Morgan fingerprint density at radius 1 is 1.00 bits per heavy atom. The molecule has 2 N–H and O–H groups in total. The van der Waals surface area contributed by atoms with Crippen molar-refractivity contribution in [2.45, 2.75) is 6.92 Å². The van der Waals surface area contributed by atoms with Crippen molar-refractivity contribution in [1.82, 2.24) is 19.3 Å². The van der Waals surface area contributed by atoms with Crippen LogP contribution in [0.5, 0.6) is 0 Å². The second kappa shape index (κ2) is 5.40. The molecule has 0 saturated heterocycles. The highest BCUT2D eigenvalue weighted by Crippen LogP contribution is 2.28. The lowest BCUT2D eigenvalue weighted by molar-refractivity contribution is 1.26. The Morgan fingerprint density at radius 2 is 1.91 bits per heavy atom. The van der Waals surface area contributed by atoms with Crippen LogP contribution in [0.1, 0.15) is 5.56 Å². The molecule has 112 valence electrons. The maximum Gasteiger partial charge on any atom is 0.112 e. The molecule has 0 spiro atoms. The lowest BCUT2D eigenvalue weighted by Crippen LogP contribution is -1.97. The number of rotatable bonds is 2. The van der Waals surface area contributed by atoms with Crippen molar-refractivity contribution >= 4 is 28.3 Å². The molecule has 4 aromatic rings. The van der Waals surface area contributed by atoms with E-state index in [1.165, 1.54) is 11.5 Å². The number of hydrogen-bond acceptors (Lipinski definition) is 6. The van der Waals surface area contributed by atoms with E-state index in [-0.39, 0.29) is 0 Å². The molecule has 4 aromatic heterocycles. The van der Waals surface area contributed by atoms with E-state index in [2.05, 4.69) is 19.3 Å². The molecule has 0 radical (unpaired) electrons. The first-order chi connectivity index (χ1) is 11.2. The molecular weight excluding hydrogens is 306 g/mol. The van der Waals surface area contributed by atoms with Crippen LogP contribution in [0, 0.1) is 6.92 Å². The first-order valence-electron chi connectivity index (χ1n) is 7.11. The topological polar surface area (TPSA) is 77.6 Å². The summed E-state index contributed by atoms with van der Waals surface area (Å²) in [6.07, 6.45) is 3.57. The zero-order valence-corrected chi connectivity index (χ0v) is 13.2. The van der Waals surface area contributed by atoms with Crippen molar-refractivity contribution in [2.75, 3.05) is 5.73 Å². The molecule has 0 aliphatic rings. The predicted octanol–water partition coefficient (Wildman–Crippen LogP) is 3.71. The zero-order valence-electron chi connectivity index (χ0n) is 12.4. The van der Waals surface area contributed by atoms with Gasteiger partial charge in [0.15, 0.2) is 0 Å². The summed E-state index contributed by atoms with van der Waals surface area (Å²) in [7, 11) is 0. The standard InChI is InChI=1S/C17H13N5S/c1-10-4-6-19-9-11(10)16-8-12(18)17-15(20-16)3-2-13(21-17)14-5-7-23-22-14/h2-9H,1H3,(H2,18,20). The number of nitrogen functional groups attached to an aromatic ring is 1. The third-order valence-corrected chi connectivity index (χ3v) is 4.26. The third-order valence-electron chi connectivity index (χ3n) is 3.70. The first kappa shape index (κ1) is 13.8. The Kier molecular flexibility index (Phi) is 3.24. The van der Waals surface area contributed by atoms with Gasteiger partial charge in [-0.1, -0.05) is 0 Å². The van der Waals surface area contributed by atoms with Gasteiger partial charge in [-0.15, -0.1) is 0 Å². The summed E-state index contributed by atoms with van der Waals surface area (Å²) in [6.45, 7) is 2.03. The second-order valence-electron chi connectivity index (χ2n) is 5.24. The first-order valence-corrected chi connectivity index (χ1v) is 7.95. The minimum atomic E-state index is 0.602. The van der Waals surface area contributed by atoms with Crippen molar-refractivity contribution in [3.8, 4) is 22.6 Å². The van der Waals surface area contributed by atoms with Gasteiger partial charge in [0.2, 0.25) is 0 Å². The summed E-state index contributed by atoms with van der Waals surface area (Å²) in [5, 5.41) is 1.93. The average Bonchev–Trinajstić information content (AvgIpc) is 3.09. The van der Waals surface area contributed by atoms with Gasteiger partial charge >= 0.3 is 0 Å². The summed E-state index contributed by atoms with van der Waals surface area (Å²) in [5.74, 6) is 0. The van der Waals surface area contributed by atoms with Gasteiger partial charge < -0.3 is 5.73 Å². The predicted molar refractivity (Wildman–Crippen MR) is 93.0 cm³/mol. The van der Waals surface area contributed by atoms with Gasteiger partial charge in [-0.25, -0.2) is 9.97 Å². The number of nitrogens with zero attached hydrogens (tertiary/aromatic N) is 4. The molecule has 0 unspecified atom stereocenters. The third kappa shape index (κ3) is 2.43. The molecule has 6 heteroatoms. The number of fused-ring (bicyclic) bond motifs is 1. The molecular formula is C17H13N5S. The molecule has 0 aliphatic heterocycles. The van der Waals surface area contributed by atoms with E-state index in [4.69, 9.17) is 5.73 Å². The molecule has 0 amide bonds. The van der Waals surface area contributed by atoms with Crippen molar-refractivity contribution in [3.05, 3.63) is 53.7 Å². The van der Waals surface area contributed by atoms with Crippen LogP contribution >= 0.6 is 11.5 Å². The SMILES string of the molecule is Cc1ccncc1-c1cc(N)c2nc(-c3ccsn3)ccc2n1. The molecule has 0 aromatic carbocycles. The highest BCUT2D eigenvalue weighted by Gasteiger charge is 2.11.